The summed E-state index contributed by atoms with van der Waals surface area (Å²) >= 11 is 0. The highest BCUT2D eigenvalue weighted by Gasteiger charge is 2.17. The number of pyridine rings is 1. The van der Waals surface area contributed by atoms with E-state index in [4.69, 9.17) is 0 Å². The Morgan fingerprint density at radius 2 is 1.61 bits per heavy atom. The van der Waals surface area contributed by atoms with Crippen LogP contribution in [0.4, 0.5) is 21.9 Å². The van der Waals surface area contributed by atoms with E-state index < -0.39 is 6.03 Å². The van der Waals surface area contributed by atoms with Gasteiger partial charge in [-0.3, -0.25) is 19.5 Å². The Balaban J connectivity index is 1.77. The molecule has 31 heavy (non-hydrogen) atoms. The highest BCUT2D eigenvalue weighted by Crippen LogP contribution is 2.22. The van der Waals surface area contributed by atoms with Gasteiger partial charge in [-0.25, -0.2) is 4.79 Å². The summed E-state index contributed by atoms with van der Waals surface area (Å²) in [6.07, 6.45) is 1.44. The molecule has 0 aliphatic rings. The summed E-state index contributed by atoms with van der Waals surface area (Å²) < 4.78 is 0. The summed E-state index contributed by atoms with van der Waals surface area (Å²) in [6.45, 7) is 1.86. The summed E-state index contributed by atoms with van der Waals surface area (Å²) in [5.74, 6) is -0.622. The van der Waals surface area contributed by atoms with Crippen LogP contribution in [-0.2, 0) is 0 Å². The highest BCUT2D eigenvalue weighted by molar-refractivity contribution is 6.07. The molecule has 4 amide bonds. The van der Waals surface area contributed by atoms with Crippen molar-refractivity contribution in [1.82, 2.24) is 10.3 Å². The molecule has 8 nitrogen and oxygen atoms in total. The first-order valence-corrected chi connectivity index (χ1v) is 9.59. The predicted molar refractivity (Wildman–Crippen MR) is 121 cm³/mol. The van der Waals surface area contributed by atoms with Gasteiger partial charge in [0.1, 0.15) is 5.69 Å². The van der Waals surface area contributed by atoms with Crippen LogP contribution in [0.15, 0.2) is 66.9 Å². The minimum Gasteiger partial charge on any atom is -0.354 e. The van der Waals surface area contributed by atoms with Crippen LogP contribution >= 0.6 is 0 Å². The Morgan fingerprint density at radius 1 is 0.871 bits per heavy atom. The van der Waals surface area contributed by atoms with Gasteiger partial charge in [-0.15, -0.1) is 0 Å². The van der Waals surface area contributed by atoms with E-state index in [2.05, 4.69) is 20.9 Å². The van der Waals surface area contributed by atoms with Crippen molar-refractivity contribution in [3.8, 4) is 0 Å². The van der Waals surface area contributed by atoms with E-state index in [1.54, 1.807) is 43.4 Å². The van der Waals surface area contributed by atoms with Crippen molar-refractivity contribution in [2.24, 2.45) is 0 Å². The summed E-state index contributed by atoms with van der Waals surface area (Å²) in [7, 11) is 3.12. The van der Waals surface area contributed by atoms with Crippen LogP contribution in [0.1, 0.15) is 26.4 Å². The molecule has 0 radical (unpaired) electrons. The van der Waals surface area contributed by atoms with Crippen molar-refractivity contribution in [3.63, 3.8) is 0 Å². The number of para-hydroxylation sites is 1. The number of urea groups is 1. The van der Waals surface area contributed by atoms with Crippen molar-refractivity contribution >= 4 is 34.9 Å². The Labute approximate surface area is 180 Å². The number of rotatable bonds is 5. The lowest BCUT2D eigenvalue weighted by Gasteiger charge is -2.21. The third-order valence-corrected chi connectivity index (χ3v) is 4.64. The van der Waals surface area contributed by atoms with Crippen LogP contribution < -0.4 is 20.9 Å². The van der Waals surface area contributed by atoms with E-state index in [1.165, 1.54) is 24.2 Å². The normalized spacial score (nSPS) is 10.2. The lowest BCUT2D eigenvalue weighted by atomic mass is 10.1. The smallest absolute Gasteiger partial charge is 0.326 e. The number of nitrogens with zero attached hydrogens (tertiary/aromatic N) is 2. The number of nitrogens with one attached hydrogen (secondary N) is 3. The number of carbonyl (C=O) groups is 3. The van der Waals surface area contributed by atoms with Gasteiger partial charge in [0.25, 0.3) is 11.8 Å². The number of benzene rings is 2. The Bertz CT molecular complexity index is 1120. The maximum absolute atomic E-state index is 12.8. The van der Waals surface area contributed by atoms with E-state index in [1.807, 2.05) is 25.1 Å². The van der Waals surface area contributed by atoms with Crippen LogP contribution in [0.25, 0.3) is 0 Å². The number of aryl methyl sites for hydroxylation is 1. The predicted octanol–water partition coefficient (Wildman–Crippen LogP) is 3.67. The van der Waals surface area contributed by atoms with Crippen LogP contribution in [0.3, 0.4) is 0 Å². The molecule has 3 aromatic rings. The average Bonchev–Trinajstić information content (AvgIpc) is 2.79. The topological polar surface area (TPSA) is 103 Å². The van der Waals surface area contributed by atoms with Crippen LogP contribution in [-0.4, -0.2) is 36.9 Å². The summed E-state index contributed by atoms with van der Waals surface area (Å²) in [5.41, 5.74) is 3.15. The molecule has 1 aromatic heterocycles. The SMILES string of the molecule is CNC(=O)c1cc(NC(=O)N(C)c2cc(C(=O)Nc3ccccc3)ccc2C)ccn1. The molecule has 2 aromatic carbocycles. The fourth-order valence-corrected chi connectivity index (χ4v) is 2.91. The average molecular weight is 417 g/mol. The van der Waals surface area contributed by atoms with Crippen LogP contribution in [0.2, 0.25) is 0 Å². The van der Waals surface area contributed by atoms with Gasteiger partial charge in [-0.2, -0.15) is 0 Å². The zero-order valence-electron chi connectivity index (χ0n) is 17.5. The molecule has 1 heterocycles. The molecule has 0 saturated carbocycles. The number of carbonyl (C=O) groups excluding carboxylic acids is 3. The molecular formula is C23H23N5O3. The number of amides is 4. The van der Waals surface area contributed by atoms with E-state index >= 15 is 0 Å². The second-order valence-corrected chi connectivity index (χ2v) is 6.82. The molecule has 0 spiro atoms. The van der Waals surface area contributed by atoms with Gasteiger partial charge < -0.3 is 16.0 Å². The fourth-order valence-electron chi connectivity index (χ4n) is 2.91. The molecule has 158 valence electrons. The minimum atomic E-state index is -0.419. The van der Waals surface area contributed by atoms with E-state index in [0.29, 0.717) is 22.6 Å². The maximum atomic E-state index is 12.8. The van der Waals surface area contributed by atoms with Crippen molar-refractivity contribution in [2.75, 3.05) is 29.6 Å². The van der Waals surface area contributed by atoms with E-state index in [9.17, 15) is 14.4 Å². The molecule has 3 rings (SSSR count). The van der Waals surface area contributed by atoms with Gasteiger partial charge in [0.2, 0.25) is 0 Å². The number of hydrogen-bond donors (Lipinski definition) is 3. The molecular weight excluding hydrogens is 394 g/mol. The summed E-state index contributed by atoms with van der Waals surface area (Å²) in [6, 6.07) is 17.0. The molecule has 0 atom stereocenters. The maximum Gasteiger partial charge on any atom is 0.326 e. The zero-order chi connectivity index (χ0) is 22.4. The summed E-state index contributed by atoms with van der Waals surface area (Å²) in [4.78, 5) is 42.5. The van der Waals surface area contributed by atoms with Gasteiger partial charge in [-0.05, 0) is 48.9 Å². The van der Waals surface area contributed by atoms with E-state index in [0.717, 1.165) is 5.56 Å². The molecule has 0 aliphatic carbocycles. The van der Waals surface area contributed by atoms with Crippen molar-refractivity contribution in [2.45, 2.75) is 6.92 Å². The third kappa shape index (κ3) is 5.24. The molecule has 8 heteroatoms. The number of hydrogen-bond acceptors (Lipinski definition) is 4. The molecule has 0 bridgehead atoms. The van der Waals surface area contributed by atoms with E-state index in [-0.39, 0.29) is 17.5 Å². The summed E-state index contributed by atoms with van der Waals surface area (Å²) in [5, 5.41) is 8.06. The molecule has 0 saturated heterocycles. The molecule has 0 unspecified atom stereocenters. The molecule has 0 fully saturated rings. The largest absolute Gasteiger partial charge is 0.354 e. The fraction of sp³-hybridized carbons (Fsp3) is 0.130. The Kier molecular flexibility index (Phi) is 6.61. The first kappa shape index (κ1) is 21.5. The number of anilines is 3. The Morgan fingerprint density at radius 3 is 2.32 bits per heavy atom. The lowest BCUT2D eigenvalue weighted by Crippen LogP contribution is -2.32. The van der Waals surface area contributed by atoms with Gasteiger partial charge >= 0.3 is 6.03 Å². The van der Waals surface area contributed by atoms with Crippen LogP contribution in [0.5, 0.6) is 0 Å². The highest BCUT2D eigenvalue weighted by atomic mass is 16.2. The quantitative estimate of drug-likeness (QED) is 0.589. The minimum absolute atomic E-state index is 0.193. The first-order chi connectivity index (χ1) is 14.9. The third-order valence-electron chi connectivity index (χ3n) is 4.64. The second kappa shape index (κ2) is 9.53. The standard InChI is InChI=1S/C23H23N5O3/c1-15-9-10-16(21(29)26-17-7-5-4-6-8-17)13-20(15)28(3)23(31)27-18-11-12-25-19(14-18)22(30)24-2/h4-14H,1-3H3,(H,24,30)(H,26,29)(H,25,27,31). The van der Waals surface area contributed by atoms with Crippen molar-refractivity contribution in [3.05, 3.63) is 83.7 Å². The van der Waals surface area contributed by atoms with Crippen molar-refractivity contribution in [1.29, 1.82) is 0 Å². The molecule has 3 N–H and O–H groups in total. The first-order valence-electron chi connectivity index (χ1n) is 9.59. The number of aromatic nitrogens is 1. The lowest BCUT2D eigenvalue weighted by molar-refractivity contribution is 0.0957. The Hall–Kier alpha value is -4.20. The van der Waals surface area contributed by atoms with Gasteiger partial charge in [0.05, 0.1) is 0 Å². The molecule has 0 aliphatic heterocycles. The van der Waals surface area contributed by atoms with Gasteiger partial charge in [0.15, 0.2) is 0 Å². The van der Waals surface area contributed by atoms with Gasteiger partial charge in [0, 0.05) is 42.9 Å². The zero-order valence-corrected chi connectivity index (χ0v) is 17.5. The van der Waals surface area contributed by atoms with Crippen molar-refractivity contribution < 1.29 is 14.4 Å². The van der Waals surface area contributed by atoms with Crippen LogP contribution in [0, 0.1) is 6.92 Å². The van der Waals surface area contributed by atoms with Gasteiger partial charge in [-0.1, -0.05) is 24.3 Å². The monoisotopic (exact) mass is 417 g/mol. The second-order valence-electron chi connectivity index (χ2n) is 6.82.